The SMILES string of the molecule is COCCOCCOc1ccc(Cl)cc1S(N)(=O)=O. The van der Waals surface area contributed by atoms with Crippen molar-refractivity contribution in [1.82, 2.24) is 0 Å². The fraction of sp³-hybridized carbons (Fsp3) is 0.455. The van der Waals surface area contributed by atoms with Crippen LogP contribution >= 0.6 is 11.6 Å². The molecule has 0 aliphatic heterocycles. The predicted molar refractivity (Wildman–Crippen MR) is 71.0 cm³/mol. The van der Waals surface area contributed by atoms with Gasteiger partial charge in [0, 0.05) is 12.1 Å². The summed E-state index contributed by atoms with van der Waals surface area (Å²) in [7, 11) is -2.30. The third-order valence-electron chi connectivity index (χ3n) is 2.13. The highest BCUT2D eigenvalue weighted by atomic mass is 35.5. The fourth-order valence-electron chi connectivity index (χ4n) is 1.28. The summed E-state index contributed by atoms with van der Waals surface area (Å²) >= 11 is 5.73. The second kappa shape index (κ2) is 7.66. The number of halogens is 1. The van der Waals surface area contributed by atoms with E-state index in [2.05, 4.69) is 0 Å². The third-order valence-corrected chi connectivity index (χ3v) is 3.30. The van der Waals surface area contributed by atoms with Crippen molar-refractivity contribution in [2.45, 2.75) is 4.90 Å². The van der Waals surface area contributed by atoms with Crippen LogP contribution in [0.15, 0.2) is 23.1 Å². The number of hydrogen-bond donors (Lipinski definition) is 1. The van der Waals surface area contributed by atoms with Crippen LogP contribution in [0.3, 0.4) is 0 Å². The second-order valence-electron chi connectivity index (χ2n) is 3.59. The molecule has 0 fully saturated rings. The maximum atomic E-state index is 11.4. The summed E-state index contributed by atoms with van der Waals surface area (Å²) in [4.78, 5) is -0.142. The predicted octanol–water partition coefficient (Wildman–Crippen LogP) is 1.03. The molecular formula is C11H16ClNO5S. The summed E-state index contributed by atoms with van der Waals surface area (Å²) in [6.07, 6.45) is 0. The van der Waals surface area contributed by atoms with Crippen molar-refractivity contribution in [3.8, 4) is 5.75 Å². The second-order valence-corrected chi connectivity index (χ2v) is 5.56. The van der Waals surface area contributed by atoms with Gasteiger partial charge in [0.25, 0.3) is 0 Å². The Labute approximate surface area is 117 Å². The fourth-order valence-corrected chi connectivity index (χ4v) is 2.21. The Kier molecular flexibility index (Phi) is 6.53. The van der Waals surface area contributed by atoms with Crippen LogP contribution in [0.1, 0.15) is 0 Å². The maximum Gasteiger partial charge on any atom is 0.241 e. The summed E-state index contributed by atoms with van der Waals surface area (Å²) in [5, 5.41) is 5.35. The van der Waals surface area contributed by atoms with Crippen molar-refractivity contribution in [2.75, 3.05) is 33.5 Å². The Bertz CT molecular complexity index is 506. The zero-order chi connectivity index (χ0) is 14.3. The molecule has 108 valence electrons. The molecule has 0 aromatic heterocycles. The van der Waals surface area contributed by atoms with E-state index in [1.165, 1.54) is 18.2 Å². The van der Waals surface area contributed by atoms with Gasteiger partial charge >= 0.3 is 0 Å². The standard InChI is InChI=1S/C11H16ClNO5S/c1-16-4-5-17-6-7-18-10-3-2-9(12)8-11(10)19(13,14)15/h2-3,8H,4-7H2,1H3,(H2,13,14,15). The topological polar surface area (TPSA) is 87.8 Å². The Morgan fingerprint density at radius 2 is 1.89 bits per heavy atom. The maximum absolute atomic E-state index is 11.4. The molecule has 6 nitrogen and oxygen atoms in total. The lowest BCUT2D eigenvalue weighted by Gasteiger charge is -2.10. The number of benzene rings is 1. The molecule has 0 bridgehead atoms. The molecular weight excluding hydrogens is 294 g/mol. The first-order valence-corrected chi connectivity index (χ1v) is 7.39. The van der Waals surface area contributed by atoms with E-state index in [9.17, 15) is 8.42 Å². The number of rotatable bonds is 8. The van der Waals surface area contributed by atoms with Crippen molar-refractivity contribution in [3.63, 3.8) is 0 Å². The van der Waals surface area contributed by atoms with Gasteiger partial charge in [-0.15, -0.1) is 0 Å². The molecule has 1 aromatic carbocycles. The third kappa shape index (κ3) is 5.75. The van der Waals surface area contributed by atoms with Gasteiger partial charge < -0.3 is 14.2 Å². The first-order chi connectivity index (χ1) is 8.95. The van der Waals surface area contributed by atoms with E-state index in [4.69, 9.17) is 31.0 Å². The van der Waals surface area contributed by atoms with Crippen LogP contribution in [0, 0.1) is 0 Å². The van der Waals surface area contributed by atoms with Crippen molar-refractivity contribution < 1.29 is 22.6 Å². The molecule has 0 aliphatic carbocycles. The lowest BCUT2D eigenvalue weighted by atomic mass is 10.3. The Balaban J connectivity index is 2.59. The van der Waals surface area contributed by atoms with Crippen LogP contribution in [0.25, 0.3) is 0 Å². The molecule has 2 N–H and O–H groups in total. The van der Waals surface area contributed by atoms with Gasteiger partial charge in [-0.3, -0.25) is 0 Å². The lowest BCUT2D eigenvalue weighted by molar-refractivity contribution is 0.0539. The van der Waals surface area contributed by atoms with Crippen LogP contribution in [-0.4, -0.2) is 42.0 Å². The van der Waals surface area contributed by atoms with E-state index < -0.39 is 10.0 Å². The highest BCUT2D eigenvalue weighted by Crippen LogP contribution is 2.26. The van der Waals surface area contributed by atoms with Crippen LogP contribution < -0.4 is 9.88 Å². The van der Waals surface area contributed by atoms with Crippen LogP contribution in [0.2, 0.25) is 5.02 Å². The molecule has 19 heavy (non-hydrogen) atoms. The Morgan fingerprint density at radius 3 is 2.53 bits per heavy atom. The minimum absolute atomic E-state index is 0.142. The van der Waals surface area contributed by atoms with Crippen LogP contribution in [0.5, 0.6) is 5.75 Å². The normalized spacial score (nSPS) is 11.5. The Hall–Kier alpha value is -0.860. The molecule has 0 unspecified atom stereocenters. The summed E-state index contributed by atoms with van der Waals surface area (Å²) < 4.78 is 38.1. The molecule has 0 saturated heterocycles. The average molecular weight is 310 g/mol. The monoisotopic (exact) mass is 309 g/mol. The molecule has 0 atom stereocenters. The van der Waals surface area contributed by atoms with Gasteiger partial charge in [0.15, 0.2) is 0 Å². The van der Waals surface area contributed by atoms with Gasteiger partial charge in [-0.25, -0.2) is 13.6 Å². The average Bonchev–Trinajstić information content (AvgIpc) is 2.34. The summed E-state index contributed by atoms with van der Waals surface area (Å²) in [6.45, 7) is 1.45. The lowest BCUT2D eigenvalue weighted by Crippen LogP contribution is -2.15. The number of methoxy groups -OCH3 is 1. The van der Waals surface area contributed by atoms with E-state index in [0.717, 1.165) is 0 Å². The van der Waals surface area contributed by atoms with E-state index in [1.807, 2.05) is 0 Å². The van der Waals surface area contributed by atoms with Crippen LogP contribution in [-0.2, 0) is 19.5 Å². The van der Waals surface area contributed by atoms with Gasteiger partial charge in [0.1, 0.15) is 17.3 Å². The molecule has 0 aliphatic rings. The van der Waals surface area contributed by atoms with Crippen molar-refractivity contribution in [3.05, 3.63) is 23.2 Å². The number of primary sulfonamides is 1. The minimum Gasteiger partial charge on any atom is -0.490 e. The van der Waals surface area contributed by atoms with Gasteiger partial charge in [-0.2, -0.15) is 0 Å². The molecule has 1 aromatic rings. The molecule has 0 saturated carbocycles. The molecule has 1 rings (SSSR count). The van der Waals surface area contributed by atoms with Crippen molar-refractivity contribution in [2.24, 2.45) is 5.14 Å². The van der Waals surface area contributed by atoms with Gasteiger partial charge in [0.2, 0.25) is 10.0 Å². The quantitative estimate of drug-likeness (QED) is 0.725. The summed E-state index contributed by atoms with van der Waals surface area (Å²) in [5.41, 5.74) is 0. The molecule has 8 heteroatoms. The van der Waals surface area contributed by atoms with E-state index in [0.29, 0.717) is 19.8 Å². The highest BCUT2D eigenvalue weighted by molar-refractivity contribution is 7.89. The van der Waals surface area contributed by atoms with E-state index >= 15 is 0 Å². The number of hydrogen-bond acceptors (Lipinski definition) is 5. The summed E-state index contributed by atoms with van der Waals surface area (Å²) in [6, 6.07) is 4.23. The molecule has 0 amide bonds. The molecule has 0 heterocycles. The van der Waals surface area contributed by atoms with E-state index in [-0.39, 0.29) is 22.3 Å². The zero-order valence-electron chi connectivity index (χ0n) is 10.5. The smallest absolute Gasteiger partial charge is 0.241 e. The number of nitrogens with two attached hydrogens (primary N) is 1. The molecule has 0 radical (unpaired) electrons. The summed E-state index contributed by atoms with van der Waals surface area (Å²) in [5.74, 6) is 0.155. The van der Waals surface area contributed by atoms with Gasteiger partial charge in [-0.05, 0) is 18.2 Å². The van der Waals surface area contributed by atoms with Crippen molar-refractivity contribution >= 4 is 21.6 Å². The van der Waals surface area contributed by atoms with Crippen LogP contribution in [0.4, 0.5) is 0 Å². The van der Waals surface area contributed by atoms with Gasteiger partial charge in [0.05, 0.1) is 19.8 Å². The number of ether oxygens (including phenoxy) is 3. The van der Waals surface area contributed by atoms with Crippen molar-refractivity contribution in [1.29, 1.82) is 0 Å². The highest BCUT2D eigenvalue weighted by Gasteiger charge is 2.15. The van der Waals surface area contributed by atoms with Gasteiger partial charge in [-0.1, -0.05) is 11.6 Å². The molecule has 0 spiro atoms. The first kappa shape index (κ1) is 16.2. The largest absolute Gasteiger partial charge is 0.490 e. The van der Waals surface area contributed by atoms with E-state index in [1.54, 1.807) is 7.11 Å². The number of sulfonamides is 1. The minimum atomic E-state index is -3.88. The zero-order valence-corrected chi connectivity index (χ0v) is 12.0. The first-order valence-electron chi connectivity index (χ1n) is 5.47. The Morgan fingerprint density at radius 1 is 1.21 bits per heavy atom.